The number of carboxylic acids is 1. The summed E-state index contributed by atoms with van der Waals surface area (Å²) < 4.78 is 13.6. The van der Waals surface area contributed by atoms with Crippen molar-refractivity contribution in [3.8, 4) is 6.07 Å². The fraction of sp³-hybridized carbons (Fsp3) is 0.125. The van der Waals surface area contributed by atoms with E-state index in [4.69, 9.17) is 10.4 Å². The van der Waals surface area contributed by atoms with Gasteiger partial charge in [-0.3, -0.25) is 4.79 Å². The van der Waals surface area contributed by atoms with Crippen molar-refractivity contribution < 1.29 is 14.3 Å². The van der Waals surface area contributed by atoms with Gasteiger partial charge in [-0.15, -0.1) is 11.8 Å². The number of carboxylic acid groups (broad SMARTS) is 1. The van der Waals surface area contributed by atoms with Crippen molar-refractivity contribution in [3.63, 3.8) is 0 Å². The zero-order valence-electron chi connectivity index (χ0n) is 11.0. The molecule has 0 heterocycles. The lowest BCUT2D eigenvalue weighted by Gasteiger charge is -2.05. The molecule has 21 heavy (non-hydrogen) atoms. The summed E-state index contributed by atoms with van der Waals surface area (Å²) >= 11 is 1.44. The molecule has 1 N–H and O–H groups in total. The maximum absolute atomic E-state index is 13.6. The molecule has 0 bridgehead atoms. The van der Waals surface area contributed by atoms with Crippen LogP contribution in [0.1, 0.15) is 16.7 Å². The van der Waals surface area contributed by atoms with Crippen LogP contribution in [0.5, 0.6) is 0 Å². The maximum atomic E-state index is 13.6. The summed E-state index contributed by atoms with van der Waals surface area (Å²) in [6.45, 7) is 0. The molecular formula is C16H12FNO2S. The molecule has 0 saturated carbocycles. The first-order valence-corrected chi connectivity index (χ1v) is 7.19. The summed E-state index contributed by atoms with van der Waals surface area (Å²) in [6.07, 6.45) is -0.0101. The Bertz CT molecular complexity index is 692. The first kappa shape index (κ1) is 15.1. The molecule has 0 aliphatic rings. The smallest absolute Gasteiger partial charge is 0.307 e. The van der Waals surface area contributed by atoms with Crippen LogP contribution in [0.3, 0.4) is 0 Å². The molecule has 3 nitrogen and oxygen atoms in total. The van der Waals surface area contributed by atoms with Gasteiger partial charge in [-0.05, 0) is 41.5 Å². The van der Waals surface area contributed by atoms with E-state index in [1.165, 1.54) is 23.9 Å². The fourth-order valence-electron chi connectivity index (χ4n) is 1.79. The van der Waals surface area contributed by atoms with E-state index < -0.39 is 5.97 Å². The predicted molar refractivity (Wildman–Crippen MR) is 78.5 cm³/mol. The first-order valence-electron chi connectivity index (χ1n) is 6.20. The van der Waals surface area contributed by atoms with Crippen LogP contribution in [0, 0.1) is 17.1 Å². The van der Waals surface area contributed by atoms with Crippen molar-refractivity contribution in [2.75, 3.05) is 0 Å². The molecule has 0 radical (unpaired) electrons. The lowest BCUT2D eigenvalue weighted by molar-refractivity contribution is -0.136. The van der Waals surface area contributed by atoms with Crippen LogP contribution in [0.2, 0.25) is 0 Å². The average Bonchev–Trinajstić information content (AvgIpc) is 2.47. The van der Waals surface area contributed by atoms with Gasteiger partial charge in [0.05, 0.1) is 18.1 Å². The number of halogens is 1. The van der Waals surface area contributed by atoms with Crippen LogP contribution < -0.4 is 0 Å². The Morgan fingerprint density at radius 1 is 1.24 bits per heavy atom. The lowest BCUT2D eigenvalue weighted by atomic mass is 10.1. The summed E-state index contributed by atoms with van der Waals surface area (Å²) in [6, 6.07) is 13.4. The molecule has 2 rings (SSSR count). The Kier molecular flexibility index (Phi) is 4.96. The minimum absolute atomic E-state index is 0.0101. The second kappa shape index (κ2) is 6.91. The first-order chi connectivity index (χ1) is 10.1. The number of thioether (sulfide) groups is 1. The highest BCUT2D eigenvalue weighted by molar-refractivity contribution is 7.98. The number of hydrogen-bond donors (Lipinski definition) is 1. The summed E-state index contributed by atoms with van der Waals surface area (Å²) in [7, 11) is 0. The van der Waals surface area contributed by atoms with Crippen molar-refractivity contribution in [1.82, 2.24) is 0 Å². The Hall–Kier alpha value is -2.32. The van der Waals surface area contributed by atoms with Crippen molar-refractivity contribution in [1.29, 1.82) is 5.26 Å². The number of carbonyl (C=O) groups is 1. The van der Waals surface area contributed by atoms with Gasteiger partial charge in [0, 0.05) is 10.6 Å². The number of rotatable bonds is 5. The number of nitrogens with zero attached hydrogens (tertiary/aromatic N) is 1. The molecule has 0 spiro atoms. The molecule has 2 aromatic rings. The van der Waals surface area contributed by atoms with Crippen LogP contribution in [0.4, 0.5) is 4.39 Å². The molecule has 0 atom stereocenters. The quantitative estimate of drug-likeness (QED) is 0.857. The van der Waals surface area contributed by atoms with E-state index in [-0.39, 0.29) is 12.2 Å². The van der Waals surface area contributed by atoms with Gasteiger partial charge in [-0.1, -0.05) is 12.1 Å². The number of benzene rings is 2. The van der Waals surface area contributed by atoms with Gasteiger partial charge in [0.15, 0.2) is 0 Å². The molecule has 5 heteroatoms. The lowest BCUT2D eigenvalue weighted by Crippen LogP contribution is -1.99. The second-order valence-corrected chi connectivity index (χ2v) is 5.47. The molecule has 0 aliphatic heterocycles. The van der Waals surface area contributed by atoms with Crippen LogP contribution >= 0.6 is 11.8 Å². The van der Waals surface area contributed by atoms with Crippen molar-refractivity contribution in [2.45, 2.75) is 17.1 Å². The van der Waals surface area contributed by atoms with Crippen molar-refractivity contribution >= 4 is 17.7 Å². The predicted octanol–water partition coefficient (Wildman–Crippen LogP) is 3.62. The average molecular weight is 301 g/mol. The topological polar surface area (TPSA) is 61.1 Å². The second-order valence-electron chi connectivity index (χ2n) is 4.42. The van der Waals surface area contributed by atoms with Gasteiger partial charge in [0.1, 0.15) is 5.82 Å². The summed E-state index contributed by atoms with van der Waals surface area (Å²) in [5.74, 6) is -0.783. The van der Waals surface area contributed by atoms with E-state index in [9.17, 15) is 9.18 Å². The third-order valence-corrected chi connectivity index (χ3v) is 3.91. The van der Waals surface area contributed by atoms with E-state index in [1.54, 1.807) is 18.2 Å². The highest BCUT2D eigenvalue weighted by Gasteiger charge is 2.05. The monoisotopic (exact) mass is 301 g/mol. The third kappa shape index (κ3) is 4.33. The van der Waals surface area contributed by atoms with Gasteiger partial charge in [-0.25, -0.2) is 4.39 Å². The van der Waals surface area contributed by atoms with E-state index in [1.807, 2.05) is 18.2 Å². The van der Waals surface area contributed by atoms with E-state index in [0.29, 0.717) is 16.9 Å². The van der Waals surface area contributed by atoms with Crippen LogP contribution in [-0.2, 0) is 17.0 Å². The number of aliphatic carboxylic acids is 1. The molecule has 0 aromatic heterocycles. The molecular weight excluding hydrogens is 289 g/mol. The van der Waals surface area contributed by atoms with E-state index in [2.05, 4.69) is 0 Å². The molecule has 106 valence electrons. The Labute approximate surface area is 126 Å². The number of nitriles is 1. The number of hydrogen-bond acceptors (Lipinski definition) is 3. The van der Waals surface area contributed by atoms with Gasteiger partial charge in [0.2, 0.25) is 0 Å². The van der Waals surface area contributed by atoms with Gasteiger partial charge < -0.3 is 5.11 Å². The highest BCUT2D eigenvalue weighted by Crippen LogP contribution is 2.25. The fourth-order valence-corrected chi connectivity index (χ4v) is 2.67. The zero-order valence-corrected chi connectivity index (χ0v) is 11.9. The minimum Gasteiger partial charge on any atom is -0.481 e. The van der Waals surface area contributed by atoms with Crippen molar-refractivity contribution in [3.05, 3.63) is 65.0 Å². The summed E-state index contributed by atoms with van der Waals surface area (Å²) in [5, 5.41) is 17.5. The van der Waals surface area contributed by atoms with Crippen LogP contribution in [0.15, 0.2) is 47.4 Å². The van der Waals surface area contributed by atoms with Gasteiger partial charge in [0.25, 0.3) is 0 Å². The molecule has 0 saturated heterocycles. The Morgan fingerprint density at radius 2 is 1.95 bits per heavy atom. The molecule has 0 amide bonds. The van der Waals surface area contributed by atoms with Gasteiger partial charge in [-0.2, -0.15) is 5.26 Å². The zero-order chi connectivity index (χ0) is 15.2. The van der Waals surface area contributed by atoms with E-state index >= 15 is 0 Å². The molecule has 0 unspecified atom stereocenters. The molecule has 0 aliphatic carbocycles. The highest BCUT2D eigenvalue weighted by atomic mass is 32.2. The SMILES string of the molecule is N#Cc1ccc(F)c(CSc2ccc(CC(=O)O)cc2)c1. The largest absolute Gasteiger partial charge is 0.481 e. The molecule has 0 fully saturated rings. The van der Waals surface area contributed by atoms with Crippen molar-refractivity contribution in [2.24, 2.45) is 0 Å². The Morgan fingerprint density at radius 3 is 2.57 bits per heavy atom. The normalized spacial score (nSPS) is 10.1. The minimum atomic E-state index is -0.870. The van der Waals surface area contributed by atoms with Gasteiger partial charge >= 0.3 is 5.97 Å². The standard InChI is InChI=1S/C16H12FNO2S/c17-15-6-3-12(9-18)7-13(15)10-21-14-4-1-11(2-5-14)8-16(19)20/h1-7H,8,10H2,(H,19,20). The van der Waals surface area contributed by atoms with Crippen LogP contribution in [-0.4, -0.2) is 11.1 Å². The maximum Gasteiger partial charge on any atom is 0.307 e. The molecule has 2 aromatic carbocycles. The summed E-state index contributed by atoms with van der Waals surface area (Å²) in [4.78, 5) is 11.5. The van der Waals surface area contributed by atoms with E-state index in [0.717, 1.165) is 10.5 Å². The summed E-state index contributed by atoms with van der Waals surface area (Å²) in [5.41, 5.74) is 1.64. The van der Waals surface area contributed by atoms with Crippen LogP contribution in [0.25, 0.3) is 0 Å². The Balaban J connectivity index is 2.03. The third-order valence-electron chi connectivity index (χ3n) is 2.85.